The Labute approximate surface area is 103 Å². The molecule has 1 aromatic carbocycles. The fourth-order valence-corrected chi connectivity index (χ4v) is 2.79. The second-order valence-corrected chi connectivity index (χ2v) is 5.33. The molecule has 2 nitrogen and oxygen atoms in total. The van der Waals surface area contributed by atoms with E-state index in [1.54, 1.807) is 6.07 Å². The van der Waals surface area contributed by atoms with Gasteiger partial charge in [0.2, 0.25) is 0 Å². The molecule has 1 aromatic rings. The van der Waals surface area contributed by atoms with E-state index in [-0.39, 0.29) is 11.9 Å². The third-order valence-electron chi connectivity index (χ3n) is 3.57. The van der Waals surface area contributed by atoms with Gasteiger partial charge in [-0.1, -0.05) is 6.92 Å². The first-order valence-corrected chi connectivity index (χ1v) is 6.30. The Bertz CT molecular complexity index is 403. The summed E-state index contributed by atoms with van der Waals surface area (Å²) < 4.78 is 13.3. The zero-order valence-corrected chi connectivity index (χ0v) is 10.8. The molecule has 1 aliphatic heterocycles. The highest BCUT2D eigenvalue weighted by atomic mass is 19.1. The molecule has 0 aromatic heterocycles. The molecule has 0 radical (unpaired) electrons. The number of halogens is 1. The van der Waals surface area contributed by atoms with Crippen molar-refractivity contribution in [1.82, 2.24) is 0 Å². The molecule has 0 amide bonds. The summed E-state index contributed by atoms with van der Waals surface area (Å²) in [5.41, 5.74) is 7.94. The summed E-state index contributed by atoms with van der Waals surface area (Å²) in [7, 11) is 0. The fourth-order valence-electron chi connectivity index (χ4n) is 2.79. The molecule has 1 aliphatic rings. The van der Waals surface area contributed by atoms with Gasteiger partial charge >= 0.3 is 0 Å². The molecule has 2 N–H and O–H groups in total. The van der Waals surface area contributed by atoms with Crippen LogP contribution in [0, 0.1) is 11.7 Å². The maximum absolute atomic E-state index is 13.3. The van der Waals surface area contributed by atoms with Crippen molar-refractivity contribution in [2.75, 3.05) is 11.4 Å². The maximum Gasteiger partial charge on any atom is 0.123 e. The zero-order valence-electron chi connectivity index (χ0n) is 10.8. The zero-order chi connectivity index (χ0) is 12.6. The lowest BCUT2D eigenvalue weighted by Gasteiger charge is -2.27. The molecular weight excluding hydrogens is 215 g/mol. The van der Waals surface area contributed by atoms with E-state index >= 15 is 0 Å². The molecule has 3 atom stereocenters. The number of nitrogens with zero attached hydrogens (tertiary/aromatic N) is 1. The van der Waals surface area contributed by atoms with Crippen LogP contribution in [-0.4, -0.2) is 12.6 Å². The van der Waals surface area contributed by atoms with Gasteiger partial charge < -0.3 is 10.6 Å². The highest BCUT2D eigenvalue weighted by molar-refractivity contribution is 5.56. The molecule has 17 heavy (non-hydrogen) atoms. The van der Waals surface area contributed by atoms with Crippen LogP contribution >= 0.6 is 0 Å². The van der Waals surface area contributed by atoms with E-state index in [4.69, 9.17) is 5.73 Å². The Hall–Kier alpha value is -1.09. The SMILES string of the molecule is CC1CC(C)N(c2ccc(F)cc2C(C)N)C1. The maximum atomic E-state index is 13.3. The van der Waals surface area contributed by atoms with E-state index in [9.17, 15) is 4.39 Å². The van der Waals surface area contributed by atoms with Crippen LogP contribution in [0.25, 0.3) is 0 Å². The summed E-state index contributed by atoms with van der Waals surface area (Å²) in [6, 6.07) is 5.33. The quantitative estimate of drug-likeness (QED) is 0.855. The van der Waals surface area contributed by atoms with E-state index in [1.165, 1.54) is 12.5 Å². The summed E-state index contributed by atoms with van der Waals surface area (Å²) in [6.07, 6.45) is 1.19. The average Bonchev–Trinajstić information content (AvgIpc) is 2.57. The minimum absolute atomic E-state index is 0.135. The van der Waals surface area contributed by atoms with Crippen LogP contribution in [0.3, 0.4) is 0 Å². The topological polar surface area (TPSA) is 29.3 Å². The lowest BCUT2D eigenvalue weighted by molar-refractivity contribution is 0.620. The van der Waals surface area contributed by atoms with Gasteiger partial charge in [-0.2, -0.15) is 0 Å². The molecule has 94 valence electrons. The molecule has 0 saturated carbocycles. The number of rotatable bonds is 2. The van der Waals surface area contributed by atoms with E-state index in [2.05, 4.69) is 18.7 Å². The van der Waals surface area contributed by atoms with Crippen LogP contribution in [0.1, 0.15) is 38.8 Å². The summed E-state index contributed by atoms with van der Waals surface area (Å²) in [5.74, 6) is 0.483. The number of hydrogen-bond acceptors (Lipinski definition) is 2. The highest BCUT2D eigenvalue weighted by Crippen LogP contribution is 2.33. The molecule has 0 bridgehead atoms. The third kappa shape index (κ3) is 2.44. The Morgan fingerprint density at radius 3 is 2.65 bits per heavy atom. The molecule has 1 heterocycles. The Balaban J connectivity index is 2.38. The monoisotopic (exact) mass is 236 g/mol. The molecule has 3 heteroatoms. The van der Waals surface area contributed by atoms with Gasteiger partial charge in [-0.25, -0.2) is 4.39 Å². The first kappa shape index (κ1) is 12.4. The predicted octanol–water partition coefficient (Wildman–Crippen LogP) is 3.08. The van der Waals surface area contributed by atoms with Crippen molar-refractivity contribution in [2.45, 2.75) is 39.3 Å². The summed E-state index contributed by atoms with van der Waals surface area (Å²) in [6.45, 7) is 7.42. The predicted molar refractivity (Wildman–Crippen MR) is 69.6 cm³/mol. The van der Waals surface area contributed by atoms with Crippen LogP contribution in [0.15, 0.2) is 18.2 Å². The van der Waals surface area contributed by atoms with Gasteiger partial charge in [0.15, 0.2) is 0 Å². The van der Waals surface area contributed by atoms with Gasteiger partial charge in [-0.05, 0) is 49.9 Å². The highest BCUT2D eigenvalue weighted by Gasteiger charge is 2.28. The van der Waals surface area contributed by atoms with Crippen molar-refractivity contribution in [3.8, 4) is 0 Å². The van der Waals surface area contributed by atoms with Gasteiger partial charge in [-0.3, -0.25) is 0 Å². The Kier molecular flexibility index (Phi) is 3.38. The molecule has 1 fully saturated rings. The average molecular weight is 236 g/mol. The van der Waals surface area contributed by atoms with Crippen molar-refractivity contribution in [3.05, 3.63) is 29.6 Å². The molecule has 1 saturated heterocycles. The molecule has 3 unspecified atom stereocenters. The van der Waals surface area contributed by atoms with Gasteiger partial charge in [0.05, 0.1) is 0 Å². The largest absolute Gasteiger partial charge is 0.368 e. The first-order chi connectivity index (χ1) is 7.99. The number of nitrogens with two attached hydrogens (primary N) is 1. The van der Waals surface area contributed by atoms with Crippen LogP contribution in [0.2, 0.25) is 0 Å². The van der Waals surface area contributed by atoms with Crippen molar-refractivity contribution in [1.29, 1.82) is 0 Å². The molecular formula is C14H21FN2. The van der Waals surface area contributed by atoms with E-state index < -0.39 is 0 Å². The van der Waals surface area contributed by atoms with Crippen LogP contribution in [0.5, 0.6) is 0 Å². The van der Waals surface area contributed by atoms with Crippen LogP contribution in [-0.2, 0) is 0 Å². The van der Waals surface area contributed by atoms with E-state index in [1.807, 2.05) is 13.0 Å². The molecule has 0 aliphatic carbocycles. The second kappa shape index (κ2) is 4.65. The minimum Gasteiger partial charge on any atom is -0.368 e. The normalized spacial score (nSPS) is 26.3. The number of anilines is 1. The van der Waals surface area contributed by atoms with E-state index in [0.29, 0.717) is 12.0 Å². The van der Waals surface area contributed by atoms with Crippen molar-refractivity contribution < 1.29 is 4.39 Å². The number of hydrogen-bond donors (Lipinski definition) is 1. The van der Waals surface area contributed by atoms with Gasteiger partial charge in [0, 0.05) is 24.3 Å². The minimum atomic E-state index is -0.207. The summed E-state index contributed by atoms with van der Waals surface area (Å²) in [5, 5.41) is 0. The molecule has 0 spiro atoms. The van der Waals surface area contributed by atoms with Crippen molar-refractivity contribution in [2.24, 2.45) is 11.7 Å². The lowest BCUT2D eigenvalue weighted by Crippen LogP contribution is -2.28. The van der Waals surface area contributed by atoms with Crippen molar-refractivity contribution >= 4 is 5.69 Å². The summed E-state index contributed by atoms with van der Waals surface area (Å²) >= 11 is 0. The van der Waals surface area contributed by atoms with E-state index in [0.717, 1.165) is 17.8 Å². The Morgan fingerprint density at radius 1 is 1.41 bits per heavy atom. The smallest absolute Gasteiger partial charge is 0.123 e. The van der Waals surface area contributed by atoms with Gasteiger partial charge in [-0.15, -0.1) is 0 Å². The summed E-state index contributed by atoms with van der Waals surface area (Å²) in [4.78, 5) is 2.35. The number of benzene rings is 1. The van der Waals surface area contributed by atoms with Crippen molar-refractivity contribution in [3.63, 3.8) is 0 Å². The van der Waals surface area contributed by atoms with Crippen LogP contribution < -0.4 is 10.6 Å². The standard InChI is InChI=1S/C14H21FN2/c1-9-6-10(2)17(8-9)14-5-4-12(15)7-13(14)11(3)16/h4-5,7,9-11H,6,8,16H2,1-3H3. The third-order valence-corrected chi connectivity index (χ3v) is 3.57. The Morgan fingerprint density at radius 2 is 2.12 bits per heavy atom. The first-order valence-electron chi connectivity index (χ1n) is 6.30. The van der Waals surface area contributed by atoms with Crippen LogP contribution in [0.4, 0.5) is 10.1 Å². The fraction of sp³-hybridized carbons (Fsp3) is 0.571. The second-order valence-electron chi connectivity index (χ2n) is 5.33. The van der Waals surface area contributed by atoms with Gasteiger partial charge in [0.1, 0.15) is 5.82 Å². The lowest BCUT2D eigenvalue weighted by atomic mass is 10.1. The molecule has 2 rings (SSSR count). The van der Waals surface area contributed by atoms with Gasteiger partial charge in [0.25, 0.3) is 0 Å².